The van der Waals surface area contributed by atoms with E-state index in [1.807, 2.05) is 13.0 Å². The van der Waals surface area contributed by atoms with Crippen molar-refractivity contribution in [1.82, 2.24) is 4.31 Å². The van der Waals surface area contributed by atoms with E-state index in [0.717, 1.165) is 6.07 Å². The van der Waals surface area contributed by atoms with Gasteiger partial charge in [-0.15, -0.1) is 0 Å². The molecular formula is C20H21Cl2NO6S. The molecule has 30 heavy (non-hydrogen) atoms. The highest BCUT2D eigenvalue weighted by Crippen LogP contribution is 2.32. The van der Waals surface area contributed by atoms with E-state index in [0.29, 0.717) is 31.1 Å². The number of carbonyl (C=O) groups is 1. The minimum atomic E-state index is -3.91. The monoisotopic (exact) mass is 473 g/mol. The van der Waals surface area contributed by atoms with E-state index in [1.54, 1.807) is 18.2 Å². The lowest BCUT2D eigenvalue weighted by molar-refractivity contribution is 0.0469. The molecule has 0 aromatic heterocycles. The predicted octanol–water partition coefficient (Wildman–Crippen LogP) is 3.77. The van der Waals surface area contributed by atoms with E-state index in [-0.39, 0.29) is 40.2 Å². The molecule has 1 aliphatic heterocycles. The van der Waals surface area contributed by atoms with Crippen LogP contribution in [0.2, 0.25) is 10.0 Å². The summed E-state index contributed by atoms with van der Waals surface area (Å²) in [6.07, 6.45) is 0. The quantitative estimate of drug-likeness (QED) is 0.569. The van der Waals surface area contributed by atoms with Crippen LogP contribution < -0.4 is 4.74 Å². The second-order valence-corrected chi connectivity index (χ2v) is 9.12. The molecule has 10 heteroatoms. The number of ether oxygens (including phenoxy) is 3. The van der Waals surface area contributed by atoms with Crippen molar-refractivity contribution >= 4 is 39.2 Å². The molecule has 2 aromatic carbocycles. The Bertz CT molecular complexity index is 1020. The maximum absolute atomic E-state index is 13.0. The molecular weight excluding hydrogens is 453 g/mol. The highest BCUT2D eigenvalue weighted by molar-refractivity contribution is 7.89. The van der Waals surface area contributed by atoms with Crippen molar-refractivity contribution < 1.29 is 27.4 Å². The lowest BCUT2D eigenvalue weighted by Gasteiger charge is -2.26. The summed E-state index contributed by atoms with van der Waals surface area (Å²) in [5.41, 5.74) is 0.598. The molecule has 1 saturated heterocycles. The van der Waals surface area contributed by atoms with Crippen molar-refractivity contribution in [2.45, 2.75) is 18.4 Å². The van der Waals surface area contributed by atoms with E-state index in [1.165, 1.54) is 10.4 Å². The molecule has 1 aliphatic rings. The number of carbonyl (C=O) groups excluding carboxylic acids is 1. The summed E-state index contributed by atoms with van der Waals surface area (Å²) in [5.74, 6) is -0.160. The number of rotatable bonds is 7. The Labute approximate surface area is 185 Å². The third-order valence-electron chi connectivity index (χ3n) is 4.46. The first-order valence-electron chi connectivity index (χ1n) is 9.29. The number of hydrogen-bond acceptors (Lipinski definition) is 6. The first-order chi connectivity index (χ1) is 14.3. The van der Waals surface area contributed by atoms with Crippen LogP contribution in [0.5, 0.6) is 5.75 Å². The van der Waals surface area contributed by atoms with Gasteiger partial charge in [0.25, 0.3) is 0 Å². The second-order valence-electron chi connectivity index (χ2n) is 6.40. The molecule has 0 bridgehead atoms. The van der Waals surface area contributed by atoms with Gasteiger partial charge in [0.05, 0.1) is 35.4 Å². The predicted molar refractivity (Wildman–Crippen MR) is 113 cm³/mol. The highest BCUT2D eigenvalue weighted by atomic mass is 35.5. The lowest BCUT2D eigenvalue weighted by Crippen LogP contribution is -2.40. The molecule has 1 heterocycles. The van der Waals surface area contributed by atoms with Gasteiger partial charge in [0.1, 0.15) is 17.3 Å². The number of morpholine rings is 1. The summed E-state index contributed by atoms with van der Waals surface area (Å²) in [7, 11) is -3.91. The molecule has 162 valence electrons. The van der Waals surface area contributed by atoms with Gasteiger partial charge >= 0.3 is 5.97 Å². The molecule has 0 aliphatic carbocycles. The van der Waals surface area contributed by atoms with Gasteiger partial charge in [-0.05, 0) is 25.1 Å². The van der Waals surface area contributed by atoms with Gasteiger partial charge in [0.15, 0.2) is 0 Å². The zero-order chi connectivity index (χ0) is 21.7. The standard InChI is InChI=1S/C20H21Cl2NO6S/c1-2-28-18-6-4-3-5-14(18)13-29-20(24)15-11-19(17(22)12-16(15)21)30(25,26)23-7-9-27-10-8-23/h3-6,11-12H,2,7-10,13H2,1H3. The summed E-state index contributed by atoms with van der Waals surface area (Å²) in [6.45, 7) is 3.25. The number of nitrogens with zero attached hydrogens (tertiary/aromatic N) is 1. The van der Waals surface area contributed by atoms with Gasteiger partial charge in [-0.25, -0.2) is 13.2 Å². The zero-order valence-corrected chi connectivity index (χ0v) is 18.6. The average molecular weight is 474 g/mol. The fourth-order valence-electron chi connectivity index (χ4n) is 2.95. The maximum atomic E-state index is 13.0. The Kier molecular flexibility index (Phi) is 7.60. The largest absolute Gasteiger partial charge is 0.493 e. The van der Waals surface area contributed by atoms with Crippen LogP contribution >= 0.6 is 23.2 Å². The summed E-state index contributed by atoms with van der Waals surface area (Å²) in [6, 6.07) is 9.56. The van der Waals surface area contributed by atoms with Gasteiger partial charge in [0.2, 0.25) is 10.0 Å². The molecule has 2 aromatic rings. The molecule has 0 spiro atoms. The van der Waals surface area contributed by atoms with Crippen LogP contribution in [0.3, 0.4) is 0 Å². The van der Waals surface area contributed by atoms with E-state index in [4.69, 9.17) is 37.4 Å². The van der Waals surface area contributed by atoms with Crippen molar-refractivity contribution in [1.29, 1.82) is 0 Å². The number of hydrogen-bond donors (Lipinski definition) is 0. The Morgan fingerprint density at radius 3 is 2.53 bits per heavy atom. The van der Waals surface area contributed by atoms with Crippen molar-refractivity contribution in [2.24, 2.45) is 0 Å². The molecule has 0 atom stereocenters. The molecule has 3 rings (SSSR count). The highest BCUT2D eigenvalue weighted by Gasteiger charge is 2.30. The van der Waals surface area contributed by atoms with Crippen LogP contribution in [-0.2, 0) is 26.1 Å². The summed E-state index contributed by atoms with van der Waals surface area (Å²) >= 11 is 12.3. The van der Waals surface area contributed by atoms with Crippen molar-refractivity contribution in [3.8, 4) is 5.75 Å². The third-order valence-corrected chi connectivity index (χ3v) is 7.14. The molecule has 0 unspecified atom stereocenters. The molecule has 0 saturated carbocycles. The maximum Gasteiger partial charge on any atom is 0.340 e. The van der Waals surface area contributed by atoms with E-state index < -0.39 is 16.0 Å². The average Bonchev–Trinajstić information content (AvgIpc) is 2.73. The smallest absolute Gasteiger partial charge is 0.340 e. The van der Waals surface area contributed by atoms with Crippen LogP contribution in [-0.4, -0.2) is 51.6 Å². The van der Waals surface area contributed by atoms with Gasteiger partial charge in [-0.2, -0.15) is 4.31 Å². The number of esters is 1. The van der Waals surface area contributed by atoms with E-state index in [2.05, 4.69) is 0 Å². The Balaban J connectivity index is 1.84. The normalized spacial score (nSPS) is 15.0. The number of halogens is 2. The topological polar surface area (TPSA) is 82.1 Å². The van der Waals surface area contributed by atoms with Crippen LogP contribution in [0.1, 0.15) is 22.8 Å². The minimum Gasteiger partial charge on any atom is -0.493 e. The number of sulfonamides is 1. The van der Waals surface area contributed by atoms with Gasteiger partial charge < -0.3 is 14.2 Å². The van der Waals surface area contributed by atoms with Crippen molar-refractivity contribution in [3.05, 3.63) is 57.6 Å². The van der Waals surface area contributed by atoms with Gasteiger partial charge in [0, 0.05) is 18.7 Å². The minimum absolute atomic E-state index is 0.00372. The molecule has 0 N–H and O–H groups in total. The Hall–Kier alpha value is -1.84. The van der Waals surface area contributed by atoms with E-state index in [9.17, 15) is 13.2 Å². The molecule has 0 amide bonds. The Morgan fingerprint density at radius 1 is 1.13 bits per heavy atom. The van der Waals surface area contributed by atoms with Crippen LogP contribution in [0.4, 0.5) is 0 Å². The Morgan fingerprint density at radius 2 is 1.83 bits per heavy atom. The molecule has 1 fully saturated rings. The summed E-state index contributed by atoms with van der Waals surface area (Å²) < 4.78 is 43.3. The fraction of sp³-hybridized carbons (Fsp3) is 0.350. The molecule has 0 radical (unpaired) electrons. The van der Waals surface area contributed by atoms with E-state index >= 15 is 0 Å². The lowest BCUT2D eigenvalue weighted by atomic mass is 10.2. The first-order valence-corrected chi connectivity index (χ1v) is 11.5. The van der Waals surface area contributed by atoms with Crippen LogP contribution in [0.25, 0.3) is 0 Å². The summed E-state index contributed by atoms with van der Waals surface area (Å²) in [4.78, 5) is 12.5. The summed E-state index contributed by atoms with van der Waals surface area (Å²) in [5, 5.41) is -0.0613. The molecule has 7 nitrogen and oxygen atoms in total. The van der Waals surface area contributed by atoms with Crippen LogP contribution in [0, 0.1) is 0 Å². The van der Waals surface area contributed by atoms with Crippen molar-refractivity contribution in [3.63, 3.8) is 0 Å². The zero-order valence-electron chi connectivity index (χ0n) is 16.3. The SMILES string of the molecule is CCOc1ccccc1COC(=O)c1cc(S(=O)(=O)N2CCOCC2)c(Cl)cc1Cl. The van der Waals surface area contributed by atoms with Gasteiger partial charge in [-0.1, -0.05) is 41.4 Å². The number of para-hydroxylation sites is 1. The second kappa shape index (κ2) is 9.98. The van der Waals surface area contributed by atoms with Gasteiger partial charge in [-0.3, -0.25) is 0 Å². The first kappa shape index (κ1) is 22.8. The fourth-order valence-corrected chi connectivity index (χ4v) is 5.18. The van der Waals surface area contributed by atoms with Crippen LogP contribution in [0.15, 0.2) is 41.3 Å². The third kappa shape index (κ3) is 5.07. The number of benzene rings is 2. The van der Waals surface area contributed by atoms with Crippen molar-refractivity contribution in [2.75, 3.05) is 32.9 Å².